The Morgan fingerprint density at radius 3 is 2.74 bits per heavy atom. The zero-order chi connectivity index (χ0) is 32.6. The molecule has 2 bridgehead atoms. The number of halogens is 1. The van der Waals surface area contributed by atoms with Crippen molar-refractivity contribution in [2.24, 2.45) is 17.8 Å². The number of nitrogens with zero attached hydrogens (tertiary/aromatic N) is 1. The van der Waals surface area contributed by atoms with E-state index in [0.29, 0.717) is 31.2 Å². The zero-order valence-electron chi connectivity index (χ0n) is 26.7. The van der Waals surface area contributed by atoms with E-state index < -0.39 is 33.1 Å². The molecular formula is C35H43ClN2O7S. The van der Waals surface area contributed by atoms with Gasteiger partial charge in [0.1, 0.15) is 5.75 Å². The summed E-state index contributed by atoms with van der Waals surface area (Å²) in [6, 6.07) is 11.3. The number of sulfonamides is 1. The smallest absolute Gasteiger partial charge is 0.306 e. The average Bonchev–Trinajstić information content (AvgIpc) is 3.17. The number of methoxy groups -OCH3 is 2. The van der Waals surface area contributed by atoms with Gasteiger partial charge in [-0.25, -0.2) is 13.1 Å². The van der Waals surface area contributed by atoms with Crippen molar-refractivity contribution >= 4 is 39.2 Å². The Labute approximate surface area is 276 Å². The number of hydrogen-bond donors (Lipinski definition) is 1. The Morgan fingerprint density at radius 2 is 2.00 bits per heavy atom. The van der Waals surface area contributed by atoms with E-state index in [1.165, 1.54) is 18.2 Å². The number of nitrogens with one attached hydrogen (secondary N) is 1. The molecule has 4 aliphatic rings. The number of anilines is 1. The van der Waals surface area contributed by atoms with Crippen LogP contribution in [-0.4, -0.2) is 65.6 Å². The lowest BCUT2D eigenvalue weighted by Gasteiger charge is -2.46. The monoisotopic (exact) mass is 670 g/mol. The number of ether oxygens (including phenoxy) is 3. The Hall–Kier alpha value is -3.08. The fourth-order valence-electron chi connectivity index (χ4n) is 7.90. The summed E-state index contributed by atoms with van der Waals surface area (Å²) >= 11 is 6.41. The number of allylic oxidation sites excluding steroid dienone is 1. The molecule has 248 valence electrons. The molecule has 9 nitrogen and oxygen atoms in total. The maximum Gasteiger partial charge on any atom is 0.306 e. The molecule has 0 radical (unpaired) electrons. The van der Waals surface area contributed by atoms with Gasteiger partial charge in [0.15, 0.2) is 0 Å². The highest BCUT2D eigenvalue weighted by Crippen LogP contribution is 2.47. The van der Waals surface area contributed by atoms with E-state index in [9.17, 15) is 18.0 Å². The van der Waals surface area contributed by atoms with Crippen molar-refractivity contribution in [3.8, 4) is 5.75 Å². The first kappa shape index (κ1) is 32.8. The topological polar surface area (TPSA) is 111 Å². The van der Waals surface area contributed by atoms with Gasteiger partial charge < -0.3 is 19.1 Å². The van der Waals surface area contributed by atoms with Crippen molar-refractivity contribution in [1.29, 1.82) is 0 Å². The number of esters is 1. The number of carbonyl (C=O) groups is 2. The maximum absolute atomic E-state index is 13.7. The van der Waals surface area contributed by atoms with Crippen LogP contribution >= 0.6 is 11.6 Å². The molecule has 0 saturated heterocycles. The highest BCUT2D eigenvalue weighted by atomic mass is 35.5. The van der Waals surface area contributed by atoms with E-state index in [1.54, 1.807) is 32.2 Å². The van der Waals surface area contributed by atoms with Crippen LogP contribution in [0.3, 0.4) is 0 Å². The summed E-state index contributed by atoms with van der Waals surface area (Å²) in [4.78, 5) is 28.2. The van der Waals surface area contributed by atoms with E-state index in [-0.39, 0.29) is 29.4 Å². The molecule has 6 atom stereocenters. The first-order valence-corrected chi connectivity index (χ1v) is 18.1. The number of hydrogen-bond acceptors (Lipinski definition) is 8. The van der Waals surface area contributed by atoms with Gasteiger partial charge in [0.05, 0.1) is 37.2 Å². The van der Waals surface area contributed by atoms with Crippen LogP contribution in [0.5, 0.6) is 5.75 Å². The zero-order valence-corrected chi connectivity index (χ0v) is 28.2. The van der Waals surface area contributed by atoms with E-state index in [4.69, 9.17) is 25.8 Å². The standard InChI is InChI=1S/C35H43ClN2O7S/c1-22-6-4-8-30(43-2)27-12-9-25(27)19-38-20-35(15-5-7-23-16-26(36)11-13-28(23)35)21-45-31-14-10-24(17-29(31)38)34(40)37-46(41,42)32(22)18-33(39)44-3/h4,8,10-11,13-14,16-17,22,25,27,30,32H,5-7,9,12,15,18-21H2,1-3H3,(H,37,40)/b8-4+/t22-,25-,27+,30-,32+,35-/m0/s1. The van der Waals surface area contributed by atoms with Gasteiger partial charge in [-0.15, -0.1) is 0 Å². The number of aryl methyl sites for hydroxylation is 1. The molecule has 11 heteroatoms. The van der Waals surface area contributed by atoms with E-state index in [0.717, 1.165) is 49.4 Å². The summed E-state index contributed by atoms with van der Waals surface area (Å²) in [6.45, 7) is 3.69. The minimum atomic E-state index is -4.25. The Bertz CT molecular complexity index is 1630. The van der Waals surface area contributed by atoms with Crippen molar-refractivity contribution in [3.05, 3.63) is 70.3 Å². The van der Waals surface area contributed by atoms with Gasteiger partial charge in [-0.3, -0.25) is 9.59 Å². The van der Waals surface area contributed by atoms with Crippen LogP contribution in [0.4, 0.5) is 5.69 Å². The summed E-state index contributed by atoms with van der Waals surface area (Å²) in [6.07, 6.45) is 8.88. The largest absolute Gasteiger partial charge is 0.490 e. The lowest BCUT2D eigenvalue weighted by Crippen LogP contribution is -2.49. The highest BCUT2D eigenvalue weighted by molar-refractivity contribution is 7.90. The summed E-state index contributed by atoms with van der Waals surface area (Å²) in [5, 5.41) is -0.442. The summed E-state index contributed by atoms with van der Waals surface area (Å²) in [5.41, 5.74) is 3.19. The maximum atomic E-state index is 13.7. The third-order valence-electron chi connectivity index (χ3n) is 10.6. The SMILES string of the molecule is COC(=O)C[C@@H]1[C@@H](C)C/C=C/[C@H](OC)[C@@H]2CC[C@H]2CN2C[C@@]3(CCCc4cc(Cl)ccc43)COc3ccc(cc32)C(=O)NS1(=O)=O. The van der Waals surface area contributed by atoms with Crippen LogP contribution in [0.25, 0.3) is 0 Å². The molecule has 2 aliphatic carbocycles. The van der Waals surface area contributed by atoms with Crippen LogP contribution in [0.2, 0.25) is 5.02 Å². The van der Waals surface area contributed by atoms with Crippen molar-refractivity contribution in [3.63, 3.8) is 0 Å². The molecule has 2 aromatic carbocycles. The molecule has 46 heavy (non-hydrogen) atoms. The summed E-state index contributed by atoms with van der Waals surface area (Å²) < 4.78 is 46.9. The molecule has 2 aromatic rings. The second-order valence-electron chi connectivity index (χ2n) is 13.4. The molecule has 0 aromatic heterocycles. The average molecular weight is 671 g/mol. The van der Waals surface area contributed by atoms with Crippen LogP contribution < -0.4 is 14.4 Å². The predicted octanol–water partition coefficient (Wildman–Crippen LogP) is 5.44. The molecule has 1 N–H and O–H groups in total. The number of fused-ring (bicyclic) bond motifs is 4. The predicted molar refractivity (Wildman–Crippen MR) is 177 cm³/mol. The van der Waals surface area contributed by atoms with E-state index >= 15 is 0 Å². The molecular weight excluding hydrogens is 628 g/mol. The fraction of sp³-hybridized carbons (Fsp3) is 0.543. The molecule has 2 aliphatic heterocycles. The molecule has 1 fully saturated rings. The first-order chi connectivity index (χ1) is 22.0. The molecule has 1 spiro atoms. The van der Waals surface area contributed by atoms with E-state index in [2.05, 4.69) is 21.8 Å². The highest BCUT2D eigenvalue weighted by Gasteiger charge is 2.44. The molecule has 1 amide bonds. The second-order valence-corrected chi connectivity index (χ2v) is 15.8. The quantitative estimate of drug-likeness (QED) is 0.340. The van der Waals surface area contributed by atoms with Crippen molar-refractivity contribution in [2.75, 3.05) is 38.8 Å². The van der Waals surface area contributed by atoms with Crippen LogP contribution in [-0.2, 0) is 36.1 Å². The van der Waals surface area contributed by atoms with Gasteiger partial charge in [-0.05, 0) is 97.7 Å². The first-order valence-electron chi connectivity index (χ1n) is 16.2. The number of amides is 1. The lowest BCUT2D eigenvalue weighted by molar-refractivity contribution is -0.140. The number of benzene rings is 2. The van der Waals surface area contributed by atoms with Crippen molar-refractivity contribution < 1.29 is 32.2 Å². The van der Waals surface area contributed by atoms with Crippen molar-refractivity contribution in [1.82, 2.24) is 4.72 Å². The van der Waals surface area contributed by atoms with Crippen LogP contribution in [0, 0.1) is 17.8 Å². The minimum Gasteiger partial charge on any atom is -0.490 e. The lowest BCUT2D eigenvalue weighted by atomic mass is 9.68. The van der Waals surface area contributed by atoms with Gasteiger partial charge in [0.25, 0.3) is 5.91 Å². The molecule has 6 rings (SSSR count). The van der Waals surface area contributed by atoms with Gasteiger partial charge in [0, 0.05) is 36.2 Å². The van der Waals surface area contributed by atoms with E-state index in [1.807, 2.05) is 18.2 Å². The van der Waals surface area contributed by atoms with Crippen LogP contribution in [0.15, 0.2) is 48.6 Å². The Balaban J connectivity index is 1.42. The normalized spacial score (nSPS) is 31.3. The molecule has 1 saturated carbocycles. The third-order valence-corrected chi connectivity index (χ3v) is 12.8. The Kier molecular flexibility index (Phi) is 9.43. The second kappa shape index (κ2) is 13.2. The van der Waals surface area contributed by atoms with Gasteiger partial charge in [0.2, 0.25) is 10.0 Å². The van der Waals surface area contributed by atoms with Gasteiger partial charge in [-0.2, -0.15) is 0 Å². The van der Waals surface area contributed by atoms with Gasteiger partial charge >= 0.3 is 5.97 Å². The van der Waals surface area contributed by atoms with Crippen LogP contribution in [0.1, 0.15) is 66.9 Å². The van der Waals surface area contributed by atoms with Gasteiger partial charge in [-0.1, -0.05) is 36.7 Å². The molecule has 2 heterocycles. The Morgan fingerprint density at radius 1 is 1.17 bits per heavy atom. The number of rotatable bonds is 3. The minimum absolute atomic E-state index is 0.130. The fourth-order valence-corrected chi connectivity index (χ4v) is 9.70. The summed E-state index contributed by atoms with van der Waals surface area (Å²) in [7, 11) is -1.32. The third kappa shape index (κ3) is 6.40. The molecule has 0 unspecified atom stereocenters. The van der Waals surface area contributed by atoms with Crippen molar-refractivity contribution in [2.45, 2.75) is 68.6 Å². The summed E-state index contributed by atoms with van der Waals surface area (Å²) in [5.74, 6) is -0.574. The number of carbonyl (C=O) groups excluding carboxylic acids is 2.